The molecule has 1 aromatic heterocycles. The number of hydrogen-bond donors (Lipinski definition) is 2. The molecule has 136 valence electrons. The normalized spacial score (nSPS) is 10.8. The molecular weight excluding hydrogens is 368 g/mol. The highest BCUT2D eigenvalue weighted by atomic mass is 32.2. The van der Waals surface area contributed by atoms with Gasteiger partial charge in [-0.25, -0.2) is 8.42 Å². The standard InChI is InChI=1S/C18H14N4O4S/c1-12-8-17(21-26-12)20-18(23)14-5-3-7-16(10-14)27(24,25)22-15-6-2-4-13(9-15)11-19/h2-10,22H,1H3,(H,20,21,23). The summed E-state index contributed by atoms with van der Waals surface area (Å²) in [6.07, 6.45) is 0. The fourth-order valence-corrected chi connectivity index (χ4v) is 3.38. The number of aryl methyl sites for hydroxylation is 1. The molecule has 3 rings (SSSR count). The Labute approximate surface area is 155 Å². The van der Waals surface area contributed by atoms with Crippen LogP contribution in [0.25, 0.3) is 0 Å². The number of carbonyl (C=O) groups is 1. The van der Waals surface area contributed by atoms with E-state index in [9.17, 15) is 13.2 Å². The van der Waals surface area contributed by atoms with Crippen molar-refractivity contribution in [2.24, 2.45) is 0 Å². The van der Waals surface area contributed by atoms with Crippen LogP contribution in [-0.4, -0.2) is 19.5 Å². The first kappa shape index (κ1) is 18.2. The molecule has 0 aliphatic carbocycles. The van der Waals surface area contributed by atoms with E-state index in [4.69, 9.17) is 9.78 Å². The van der Waals surface area contributed by atoms with Gasteiger partial charge in [-0.1, -0.05) is 17.3 Å². The van der Waals surface area contributed by atoms with E-state index >= 15 is 0 Å². The Morgan fingerprint density at radius 2 is 1.93 bits per heavy atom. The molecule has 0 fully saturated rings. The van der Waals surface area contributed by atoms with Crippen LogP contribution in [0.5, 0.6) is 0 Å². The van der Waals surface area contributed by atoms with E-state index in [1.165, 1.54) is 36.4 Å². The maximum atomic E-state index is 12.6. The predicted octanol–water partition coefficient (Wildman–Crippen LogP) is 2.91. The number of rotatable bonds is 5. The van der Waals surface area contributed by atoms with Gasteiger partial charge in [0.1, 0.15) is 5.76 Å². The van der Waals surface area contributed by atoms with Crippen LogP contribution < -0.4 is 10.0 Å². The van der Waals surface area contributed by atoms with Gasteiger partial charge in [-0.2, -0.15) is 5.26 Å². The van der Waals surface area contributed by atoms with Gasteiger partial charge in [0.25, 0.3) is 15.9 Å². The van der Waals surface area contributed by atoms with Crippen LogP contribution >= 0.6 is 0 Å². The highest BCUT2D eigenvalue weighted by Gasteiger charge is 2.17. The summed E-state index contributed by atoms with van der Waals surface area (Å²) in [5.74, 6) is 0.245. The van der Waals surface area contributed by atoms with Gasteiger partial charge in [-0.05, 0) is 43.3 Å². The largest absolute Gasteiger partial charge is 0.360 e. The zero-order valence-electron chi connectivity index (χ0n) is 14.1. The van der Waals surface area contributed by atoms with Crippen LogP contribution in [0.1, 0.15) is 21.7 Å². The average molecular weight is 382 g/mol. The molecule has 0 radical (unpaired) electrons. The Morgan fingerprint density at radius 3 is 2.63 bits per heavy atom. The summed E-state index contributed by atoms with van der Waals surface area (Å²) in [5.41, 5.74) is 0.720. The number of aromatic nitrogens is 1. The molecule has 0 atom stereocenters. The number of nitrogens with one attached hydrogen (secondary N) is 2. The summed E-state index contributed by atoms with van der Waals surface area (Å²) in [4.78, 5) is 12.2. The summed E-state index contributed by atoms with van der Waals surface area (Å²) >= 11 is 0. The molecule has 8 nitrogen and oxygen atoms in total. The highest BCUT2D eigenvalue weighted by Crippen LogP contribution is 2.19. The van der Waals surface area contributed by atoms with Crippen LogP contribution in [0.4, 0.5) is 11.5 Å². The van der Waals surface area contributed by atoms with Crippen LogP contribution in [0, 0.1) is 18.3 Å². The molecule has 2 N–H and O–H groups in total. The first-order valence-corrected chi connectivity index (χ1v) is 9.23. The maximum Gasteiger partial charge on any atom is 0.261 e. The fourth-order valence-electron chi connectivity index (χ4n) is 2.28. The summed E-state index contributed by atoms with van der Waals surface area (Å²) in [6, 6.07) is 15.1. The lowest BCUT2D eigenvalue weighted by Gasteiger charge is -2.09. The minimum Gasteiger partial charge on any atom is -0.360 e. The zero-order valence-corrected chi connectivity index (χ0v) is 14.9. The van der Waals surface area contributed by atoms with Crippen molar-refractivity contribution in [3.05, 3.63) is 71.5 Å². The molecule has 0 saturated heterocycles. The first-order chi connectivity index (χ1) is 12.9. The highest BCUT2D eigenvalue weighted by molar-refractivity contribution is 7.92. The number of sulfonamides is 1. The van der Waals surface area contributed by atoms with E-state index < -0.39 is 15.9 Å². The van der Waals surface area contributed by atoms with Crippen molar-refractivity contribution < 1.29 is 17.7 Å². The number of carbonyl (C=O) groups excluding carboxylic acids is 1. The smallest absolute Gasteiger partial charge is 0.261 e. The number of hydrogen-bond acceptors (Lipinski definition) is 6. The minimum absolute atomic E-state index is 0.0890. The minimum atomic E-state index is -3.94. The lowest BCUT2D eigenvalue weighted by molar-refractivity contribution is 0.102. The molecule has 0 spiro atoms. The van der Waals surface area contributed by atoms with Gasteiger partial charge in [-0.3, -0.25) is 9.52 Å². The van der Waals surface area contributed by atoms with Crippen molar-refractivity contribution in [1.82, 2.24) is 5.16 Å². The zero-order chi connectivity index (χ0) is 19.4. The average Bonchev–Trinajstić information content (AvgIpc) is 3.06. The molecule has 0 unspecified atom stereocenters. The second kappa shape index (κ2) is 7.31. The van der Waals surface area contributed by atoms with Crippen LogP contribution in [0.15, 0.2) is 64.0 Å². The third-order valence-electron chi connectivity index (χ3n) is 3.52. The van der Waals surface area contributed by atoms with E-state index in [0.717, 1.165) is 0 Å². The molecule has 2 aromatic carbocycles. The van der Waals surface area contributed by atoms with Gasteiger partial charge in [0.2, 0.25) is 0 Å². The van der Waals surface area contributed by atoms with Gasteiger partial charge >= 0.3 is 0 Å². The molecular formula is C18H14N4O4S. The topological polar surface area (TPSA) is 125 Å². The number of benzene rings is 2. The Hall–Kier alpha value is -3.64. The van der Waals surface area contributed by atoms with Crippen molar-refractivity contribution in [2.75, 3.05) is 10.0 Å². The van der Waals surface area contributed by atoms with Gasteiger partial charge < -0.3 is 9.84 Å². The van der Waals surface area contributed by atoms with E-state index in [1.807, 2.05) is 6.07 Å². The molecule has 27 heavy (non-hydrogen) atoms. The second-order valence-corrected chi connectivity index (χ2v) is 7.29. The van der Waals surface area contributed by atoms with E-state index in [0.29, 0.717) is 11.3 Å². The number of nitrogens with zero attached hydrogens (tertiary/aromatic N) is 2. The Kier molecular flexibility index (Phi) is 4.92. The summed E-state index contributed by atoms with van der Waals surface area (Å²) in [7, 11) is -3.94. The van der Waals surface area contributed by atoms with Crippen LogP contribution in [0.2, 0.25) is 0 Å². The number of anilines is 2. The first-order valence-electron chi connectivity index (χ1n) is 7.75. The van der Waals surface area contributed by atoms with Crippen LogP contribution in [0.3, 0.4) is 0 Å². The molecule has 0 aliphatic heterocycles. The monoisotopic (exact) mass is 382 g/mol. The van der Waals surface area contributed by atoms with Gasteiger partial charge in [-0.15, -0.1) is 0 Å². The summed E-state index contributed by atoms with van der Waals surface area (Å²) < 4.78 is 32.4. The third-order valence-corrected chi connectivity index (χ3v) is 4.90. The quantitative estimate of drug-likeness (QED) is 0.699. The Bertz CT molecular complexity index is 1150. The van der Waals surface area contributed by atoms with E-state index in [1.54, 1.807) is 25.1 Å². The number of nitriles is 1. The Balaban J connectivity index is 1.83. The molecule has 1 amide bonds. The van der Waals surface area contributed by atoms with Gasteiger partial charge in [0.15, 0.2) is 5.82 Å². The lowest BCUT2D eigenvalue weighted by Crippen LogP contribution is -2.16. The van der Waals surface area contributed by atoms with E-state index in [2.05, 4.69) is 15.2 Å². The third kappa shape index (κ3) is 4.31. The van der Waals surface area contributed by atoms with Gasteiger partial charge in [0, 0.05) is 11.6 Å². The fraction of sp³-hybridized carbons (Fsp3) is 0.0556. The number of amides is 1. The lowest BCUT2D eigenvalue weighted by atomic mass is 10.2. The molecule has 0 saturated carbocycles. The SMILES string of the molecule is Cc1cc(NC(=O)c2cccc(S(=O)(=O)Nc3cccc(C#N)c3)c2)no1. The van der Waals surface area contributed by atoms with Crippen LogP contribution in [-0.2, 0) is 10.0 Å². The summed E-state index contributed by atoms with van der Waals surface area (Å²) in [6.45, 7) is 1.68. The molecule has 9 heteroatoms. The molecule has 1 heterocycles. The van der Waals surface area contributed by atoms with Gasteiger partial charge in [0.05, 0.1) is 22.2 Å². The molecule has 0 aliphatic rings. The summed E-state index contributed by atoms with van der Waals surface area (Å²) in [5, 5.41) is 15.1. The van der Waals surface area contributed by atoms with Crippen molar-refractivity contribution in [1.29, 1.82) is 5.26 Å². The molecule has 0 bridgehead atoms. The Morgan fingerprint density at radius 1 is 1.15 bits per heavy atom. The molecule has 3 aromatic rings. The van der Waals surface area contributed by atoms with Crippen molar-refractivity contribution in [2.45, 2.75) is 11.8 Å². The maximum absolute atomic E-state index is 12.6. The second-order valence-electron chi connectivity index (χ2n) is 5.60. The predicted molar refractivity (Wildman–Crippen MR) is 97.6 cm³/mol. The van der Waals surface area contributed by atoms with Crippen molar-refractivity contribution >= 4 is 27.4 Å². The van der Waals surface area contributed by atoms with Crippen molar-refractivity contribution in [3.63, 3.8) is 0 Å². The van der Waals surface area contributed by atoms with E-state index in [-0.39, 0.29) is 22.0 Å². The van der Waals surface area contributed by atoms with Crippen molar-refractivity contribution in [3.8, 4) is 6.07 Å².